The van der Waals surface area contributed by atoms with Gasteiger partial charge in [0.2, 0.25) is 10.0 Å². The quantitative estimate of drug-likeness (QED) is 0.741. The van der Waals surface area contributed by atoms with Gasteiger partial charge in [0.15, 0.2) is 0 Å². The van der Waals surface area contributed by atoms with E-state index in [2.05, 4.69) is 16.0 Å². The van der Waals surface area contributed by atoms with Crippen molar-refractivity contribution in [3.8, 4) is 5.75 Å². The van der Waals surface area contributed by atoms with Crippen LogP contribution < -0.4 is 4.74 Å². The monoisotopic (exact) mass is 417 g/mol. The van der Waals surface area contributed by atoms with Crippen LogP contribution in [0.1, 0.15) is 12.0 Å². The maximum Gasteiger partial charge on any atom is 0.243 e. The van der Waals surface area contributed by atoms with E-state index in [1.54, 1.807) is 34.8 Å². The van der Waals surface area contributed by atoms with Gasteiger partial charge in [-0.15, -0.1) is 0 Å². The molecule has 2 fully saturated rings. The minimum atomic E-state index is -3.56. The third-order valence-electron chi connectivity index (χ3n) is 5.77. The maximum atomic E-state index is 13.2. The Morgan fingerprint density at radius 2 is 2.14 bits per heavy atom. The van der Waals surface area contributed by atoms with Crippen LogP contribution in [0.25, 0.3) is 0 Å². The summed E-state index contributed by atoms with van der Waals surface area (Å²) in [6.45, 7) is 3.87. The third kappa shape index (κ3) is 4.45. The van der Waals surface area contributed by atoms with Crippen molar-refractivity contribution in [3.05, 3.63) is 54.4 Å². The average molecular weight is 418 g/mol. The summed E-state index contributed by atoms with van der Waals surface area (Å²) in [6.07, 6.45) is 4.46. The van der Waals surface area contributed by atoms with E-state index in [1.807, 2.05) is 12.3 Å². The number of rotatable bonds is 5. The standard InChI is InChI=1S/C21H27N3O4S/c1-27-19-5-2-6-20(12-19)29(25,26)24-9-7-21-18(15-24)16-28-11-10-23(21)14-17-4-3-8-22-13-17/h2-6,8,12-13,18,21H,7,9-11,14-16H2,1H3/t18-,21-/m1/s1. The van der Waals surface area contributed by atoms with Gasteiger partial charge in [0.05, 0.1) is 25.2 Å². The molecule has 2 aliphatic heterocycles. The van der Waals surface area contributed by atoms with Gasteiger partial charge < -0.3 is 9.47 Å². The second-order valence-electron chi connectivity index (χ2n) is 7.56. The summed E-state index contributed by atoms with van der Waals surface area (Å²) in [5.74, 6) is 0.685. The lowest BCUT2D eigenvalue weighted by Crippen LogP contribution is -2.52. The number of methoxy groups -OCH3 is 1. The van der Waals surface area contributed by atoms with Crippen molar-refractivity contribution in [1.82, 2.24) is 14.2 Å². The lowest BCUT2D eigenvalue weighted by Gasteiger charge is -2.41. The zero-order valence-electron chi connectivity index (χ0n) is 16.6. The second kappa shape index (κ2) is 8.79. The first-order valence-electron chi connectivity index (χ1n) is 9.93. The molecule has 2 aliphatic rings. The molecule has 8 heteroatoms. The molecule has 0 spiro atoms. The van der Waals surface area contributed by atoms with E-state index < -0.39 is 10.0 Å². The van der Waals surface area contributed by atoms with Crippen molar-refractivity contribution in [1.29, 1.82) is 0 Å². The van der Waals surface area contributed by atoms with Gasteiger partial charge in [-0.3, -0.25) is 9.88 Å². The summed E-state index contributed by atoms with van der Waals surface area (Å²) in [4.78, 5) is 6.91. The van der Waals surface area contributed by atoms with Crippen LogP contribution in [0.15, 0.2) is 53.7 Å². The molecule has 0 unspecified atom stereocenters. The third-order valence-corrected chi connectivity index (χ3v) is 7.63. The molecule has 156 valence electrons. The minimum absolute atomic E-state index is 0.142. The Hall–Kier alpha value is -2.00. The minimum Gasteiger partial charge on any atom is -0.497 e. The topological polar surface area (TPSA) is 72.0 Å². The van der Waals surface area contributed by atoms with E-state index in [4.69, 9.17) is 9.47 Å². The van der Waals surface area contributed by atoms with Gasteiger partial charge in [0.25, 0.3) is 0 Å². The first-order chi connectivity index (χ1) is 14.1. The highest BCUT2D eigenvalue weighted by Crippen LogP contribution is 2.30. The molecule has 0 aliphatic carbocycles. The molecule has 0 radical (unpaired) electrons. The highest BCUT2D eigenvalue weighted by atomic mass is 32.2. The Labute approximate surface area is 172 Å². The predicted molar refractivity (Wildman–Crippen MR) is 109 cm³/mol. The molecule has 0 amide bonds. The number of aromatic nitrogens is 1. The summed E-state index contributed by atoms with van der Waals surface area (Å²) in [7, 11) is -2.03. The molecule has 2 saturated heterocycles. The molecule has 3 heterocycles. The molecule has 0 saturated carbocycles. The Balaban J connectivity index is 1.51. The van der Waals surface area contributed by atoms with Crippen molar-refractivity contribution in [2.75, 3.05) is 40.0 Å². The molecule has 1 aromatic carbocycles. The first-order valence-corrected chi connectivity index (χ1v) is 11.4. The normalized spacial score (nSPS) is 23.9. The number of pyridine rings is 1. The lowest BCUT2D eigenvalue weighted by molar-refractivity contribution is 0.0762. The average Bonchev–Trinajstić information content (AvgIpc) is 2.96. The maximum absolute atomic E-state index is 13.2. The van der Waals surface area contributed by atoms with E-state index in [0.29, 0.717) is 38.1 Å². The first kappa shape index (κ1) is 20.3. The molecule has 0 bridgehead atoms. The summed E-state index contributed by atoms with van der Waals surface area (Å²) in [5, 5.41) is 0. The number of benzene rings is 1. The van der Waals surface area contributed by atoms with Gasteiger partial charge >= 0.3 is 0 Å². The fourth-order valence-corrected chi connectivity index (χ4v) is 5.81. The lowest BCUT2D eigenvalue weighted by atomic mass is 9.92. The Morgan fingerprint density at radius 3 is 2.93 bits per heavy atom. The van der Waals surface area contributed by atoms with Crippen molar-refractivity contribution >= 4 is 10.0 Å². The van der Waals surface area contributed by atoms with Crippen LogP contribution in [0.5, 0.6) is 5.75 Å². The zero-order chi connectivity index (χ0) is 20.3. The van der Waals surface area contributed by atoms with Gasteiger partial charge in [0.1, 0.15) is 5.75 Å². The number of nitrogens with zero attached hydrogens (tertiary/aromatic N) is 3. The molecular formula is C21H27N3O4S. The molecule has 4 rings (SSSR count). The number of piperidine rings is 1. The van der Waals surface area contributed by atoms with E-state index in [0.717, 1.165) is 19.5 Å². The summed E-state index contributed by atoms with van der Waals surface area (Å²) >= 11 is 0. The number of hydrogen-bond acceptors (Lipinski definition) is 6. The molecule has 2 atom stereocenters. The van der Waals surface area contributed by atoms with Crippen molar-refractivity contribution in [3.63, 3.8) is 0 Å². The molecule has 7 nitrogen and oxygen atoms in total. The van der Waals surface area contributed by atoms with Crippen molar-refractivity contribution in [2.45, 2.75) is 23.9 Å². The Morgan fingerprint density at radius 1 is 1.24 bits per heavy atom. The second-order valence-corrected chi connectivity index (χ2v) is 9.50. The molecule has 0 N–H and O–H groups in total. The molecule has 2 aromatic rings. The van der Waals surface area contributed by atoms with Crippen LogP contribution in [0, 0.1) is 5.92 Å². The summed E-state index contributed by atoms with van der Waals surface area (Å²) in [6, 6.07) is 11.0. The summed E-state index contributed by atoms with van der Waals surface area (Å²) < 4.78 is 39.0. The van der Waals surface area contributed by atoms with Crippen LogP contribution in [0.2, 0.25) is 0 Å². The van der Waals surface area contributed by atoms with E-state index >= 15 is 0 Å². The SMILES string of the molecule is COc1cccc(S(=O)(=O)N2CC[C@@H]3[C@@H](COCCN3Cc3cccnc3)C2)c1. The van der Waals surface area contributed by atoms with Crippen LogP contribution in [0.3, 0.4) is 0 Å². The molecular weight excluding hydrogens is 390 g/mol. The van der Waals surface area contributed by atoms with E-state index in [9.17, 15) is 8.42 Å². The highest BCUT2D eigenvalue weighted by molar-refractivity contribution is 7.89. The van der Waals surface area contributed by atoms with Gasteiger partial charge in [-0.2, -0.15) is 4.31 Å². The van der Waals surface area contributed by atoms with Gasteiger partial charge in [-0.25, -0.2) is 8.42 Å². The number of ether oxygens (including phenoxy) is 2. The van der Waals surface area contributed by atoms with Crippen LogP contribution in [-0.4, -0.2) is 68.6 Å². The Kier molecular flexibility index (Phi) is 6.15. The van der Waals surface area contributed by atoms with Gasteiger partial charge in [-0.05, 0) is 30.2 Å². The molecule has 1 aromatic heterocycles. The fraction of sp³-hybridized carbons (Fsp3) is 0.476. The van der Waals surface area contributed by atoms with Crippen LogP contribution in [0.4, 0.5) is 0 Å². The highest BCUT2D eigenvalue weighted by Gasteiger charge is 2.39. The zero-order valence-corrected chi connectivity index (χ0v) is 17.4. The predicted octanol–water partition coefficient (Wildman–Crippen LogP) is 2.00. The van der Waals surface area contributed by atoms with Gasteiger partial charge in [0, 0.05) is 56.6 Å². The van der Waals surface area contributed by atoms with Crippen LogP contribution in [-0.2, 0) is 21.3 Å². The largest absolute Gasteiger partial charge is 0.497 e. The van der Waals surface area contributed by atoms with E-state index in [-0.39, 0.29) is 10.8 Å². The van der Waals surface area contributed by atoms with Crippen LogP contribution >= 0.6 is 0 Å². The fourth-order valence-electron chi connectivity index (χ4n) is 4.26. The smallest absolute Gasteiger partial charge is 0.243 e. The molecule has 29 heavy (non-hydrogen) atoms. The summed E-state index contributed by atoms with van der Waals surface area (Å²) in [5.41, 5.74) is 1.17. The number of fused-ring (bicyclic) bond motifs is 1. The Bertz CT molecular complexity index is 923. The van der Waals surface area contributed by atoms with Crippen molar-refractivity contribution in [2.24, 2.45) is 5.92 Å². The number of hydrogen-bond donors (Lipinski definition) is 0. The number of sulfonamides is 1. The van der Waals surface area contributed by atoms with E-state index in [1.165, 1.54) is 12.7 Å². The van der Waals surface area contributed by atoms with Gasteiger partial charge in [-0.1, -0.05) is 12.1 Å². The van der Waals surface area contributed by atoms with Crippen molar-refractivity contribution < 1.29 is 17.9 Å².